The second-order valence-electron chi connectivity index (χ2n) is 6.59. The van der Waals surface area contributed by atoms with Crippen LogP contribution >= 0.6 is 0 Å². The number of methoxy groups -OCH3 is 1. The Morgan fingerprint density at radius 1 is 1.15 bits per heavy atom. The predicted molar refractivity (Wildman–Crippen MR) is 106 cm³/mol. The van der Waals surface area contributed by atoms with Crippen LogP contribution in [0.25, 0.3) is 38.1 Å². The van der Waals surface area contributed by atoms with E-state index in [0.717, 1.165) is 43.8 Å². The van der Waals surface area contributed by atoms with Crippen LogP contribution in [0.1, 0.15) is 23.0 Å². The molecule has 0 radical (unpaired) electrons. The number of pyridine rings is 2. The van der Waals surface area contributed by atoms with Gasteiger partial charge in [0.25, 0.3) is 0 Å². The third kappa shape index (κ3) is 1.94. The van der Waals surface area contributed by atoms with E-state index in [1.54, 1.807) is 13.3 Å². The Balaban J connectivity index is 2.15. The second kappa shape index (κ2) is 5.58. The van der Waals surface area contributed by atoms with Crippen molar-refractivity contribution >= 4 is 44.1 Å². The summed E-state index contributed by atoms with van der Waals surface area (Å²) in [6.07, 6.45) is 1.81. The summed E-state index contributed by atoms with van der Waals surface area (Å²) in [5.74, 6) is 0.339. The van der Waals surface area contributed by atoms with Crippen LogP contribution in [0.15, 0.2) is 42.6 Å². The number of hydrogen-bond acceptors (Lipinski definition) is 4. The summed E-state index contributed by atoms with van der Waals surface area (Å²) in [6, 6.07) is 12.1. The lowest BCUT2D eigenvalue weighted by atomic mass is 10.0. The molecule has 0 aliphatic rings. The number of hydrogen-bond donors (Lipinski definition) is 0. The molecule has 0 spiro atoms. The Morgan fingerprint density at radius 2 is 1.96 bits per heavy atom. The van der Waals surface area contributed by atoms with Crippen molar-refractivity contribution in [2.75, 3.05) is 13.7 Å². The van der Waals surface area contributed by atoms with Crippen molar-refractivity contribution in [2.24, 2.45) is 0 Å². The summed E-state index contributed by atoms with van der Waals surface area (Å²) >= 11 is 0. The highest BCUT2D eigenvalue weighted by molar-refractivity contribution is 6.26. The minimum atomic E-state index is -0.315. The smallest absolute Gasteiger partial charge is 0.340 e. The number of aryl methyl sites for hydroxylation is 1. The Morgan fingerprint density at radius 3 is 2.74 bits per heavy atom. The number of esters is 1. The number of rotatable bonds is 3. The molecule has 3 heterocycles. The molecule has 0 fully saturated rings. The first-order valence-electron chi connectivity index (χ1n) is 8.95. The summed E-state index contributed by atoms with van der Waals surface area (Å²) in [5.41, 5.74) is 4.28. The first-order chi connectivity index (χ1) is 13.2. The van der Waals surface area contributed by atoms with Gasteiger partial charge in [0.05, 0.1) is 30.3 Å². The lowest BCUT2D eigenvalue weighted by Crippen LogP contribution is -2.06. The van der Waals surface area contributed by atoms with Crippen LogP contribution < -0.4 is 4.74 Å². The van der Waals surface area contributed by atoms with E-state index in [0.29, 0.717) is 17.9 Å². The Labute approximate surface area is 155 Å². The van der Waals surface area contributed by atoms with Crippen molar-refractivity contribution in [3.8, 4) is 5.75 Å². The minimum absolute atomic E-state index is 0.315. The number of para-hydroxylation sites is 1. The zero-order valence-corrected chi connectivity index (χ0v) is 15.4. The average molecular weight is 358 g/mol. The van der Waals surface area contributed by atoms with Gasteiger partial charge in [-0.2, -0.15) is 0 Å². The molecule has 5 rings (SSSR count). The van der Waals surface area contributed by atoms with Crippen molar-refractivity contribution in [3.05, 3.63) is 53.9 Å². The van der Waals surface area contributed by atoms with E-state index in [2.05, 4.69) is 21.5 Å². The van der Waals surface area contributed by atoms with Gasteiger partial charge in [0.2, 0.25) is 0 Å². The maximum absolute atomic E-state index is 12.8. The van der Waals surface area contributed by atoms with E-state index in [4.69, 9.17) is 9.47 Å². The van der Waals surface area contributed by atoms with Crippen LogP contribution in [0.5, 0.6) is 5.75 Å². The summed E-state index contributed by atoms with van der Waals surface area (Å²) in [4.78, 5) is 17.4. The van der Waals surface area contributed by atoms with Crippen molar-refractivity contribution in [1.29, 1.82) is 0 Å². The molecule has 0 aliphatic carbocycles. The number of ether oxygens (including phenoxy) is 2. The molecule has 2 aromatic carbocycles. The molecule has 5 aromatic rings. The maximum atomic E-state index is 12.8. The van der Waals surface area contributed by atoms with Crippen LogP contribution in [-0.2, 0) is 4.74 Å². The topological polar surface area (TPSA) is 52.8 Å². The average Bonchev–Trinajstić information content (AvgIpc) is 2.99. The van der Waals surface area contributed by atoms with Gasteiger partial charge in [-0.3, -0.25) is 4.98 Å². The molecule has 0 saturated carbocycles. The van der Waals surface area contributed by atoms with Gasteiger partial charge in [-0.25, -0.2) is 4.79 Å². The van der Waals surface area contributed by atoms with Crippen molar-refractivity contribution in [1.82, 2.24) is 9.38 Å². The molecule has 5 nitrogen and oxygen atoms in total. The highest BCUT2D eigenvalue weighted by Crippen LogP contribution is 2.42. The third-order valence-electron chi connectivity index (χ3n) is 5.28. The first kappa shape index (κ1) is 15.9. The molecular weight excluding hydrogens is 340 g/mol. The number of nitrogens with zero attached hydrogens (tertiary/aromatic N) is 2. The van der Waals surface area contributed by atoms with Gasteiger partial charge in [0, 0.05) is 28.0 Å². The fourth-order valence-corrected chi connectivity index (χ4v) is 4.23. The summed E-state index contributed by atoms with van der Waals surface area (Å²) in [6.45, 7) is 4.11. The number of carbonyl (C=O) groups excluding carboxylic acids is 1. The SMILES string of the molecule is CCOC(=O)c1c(C)n2c3ccccc3c3ccnc4c(OC)cc1c2c43. The molecule has 0 aliphatic heterocycles. The van der Waals surface area contributed by atoms with Gasteiger partial charge < -0.3 is 13.9 Å². The summed E-state index contributed by atoms with van der Waals surface area (Å²) in [5, 5.41) is 4.05. The predicted octanol–water partition coefficient (Wildman–Crippen LogP) is 4.73. The van der Waals surface area contributed by atoms with Gasteiger partial charge in [-0.1, -0.05) is 18.2 Å². The van der Waals surface area contributed by atoms with Crippen LogP contribution in [-0.4, -0.2) is 29.1 Å². The number of carbonyl (C=O) groups is 1. The fourth-order valence-electron chi connectivity index (χ4n) is 4.23. The standard InChI is InChI=1S/C22H18N2O3/c1-4-27-22(25)18-12(2)24-16-8-6-5-7-13(16)14-9-10-23-20-17(26-3)11-15(18)21(24)19(14)20/h5-11H,4H2,1-3H3. The molecule has 0 amide bonds. The monoisotopic (exact) mass is 358 g/mol. The number of fused-ring (bicyclic) bond motifs is 3. The highest BCUT2D eigenvalue weighted by Gasteiger charge is 2.26. The van der Waals surface area contributed by atoms with Crippen molar-refractivity contribution < 1.29 is 14.3 Å². The molecular formula is C22H18N2O3. The zero-order valence-electron chi connectivity index (χ0n) is 15.4. The Hall–Kier alpha value is -3.34. The van der Waals surface area contributed by atoms with E-state index < -0.39 is 0 Å². The van der Waals surface area contributed by atoms with Crippen molar-refractivity contribution in [3.63, 3.8) is 0 Å². The highest BCUT2D eigenvalue weighted by atomic mass is 16.5. The molecule has 0 atom stereocenters. The lowest BCUT2D eigenvalue weighted by molar-refractivity contribution is 0.0528. The molecule has 0 N–H and O–H groups in total. The number of aromatic nitrogens is 2. The van der Waals surface area contributed by atoms with Gasteiger partial charge in [-0.15, -0.1) is 0 Å². The third-order valence-corrected chi connectivity index (χ3v) is 5.28. The van der Waals surface area contributed by atoms with Gasteiger partial charge in [-0.05, 0) is 37.4 Å². The van der Waals surface area contributed by atoms with Gasteiger partial charge in [0.15, 0.2) is 0 Å². The maximum Gasteiger partial charge on any atom is 0.340 e. The van der Waals surface area contributed by atoms with Gasteiger partial charge in [0.1, 0.15) is 11.3 Å². The zero-order chi connectivity index (χ0) is 18.7. The first-order valence-corrected chi connectivity index (χ1v) is 8.95. The van der Waals surface area contributed by atoms with E-state index in [-0.39, 0.29) is 5.97 Å². The summed E-state index contributed by atoms with van der Waals surface area (Å²) in [7, 11) is 1.63. The van der Waals surface area contributed by atoms with E-state index in [1.807, 2.05) is 38.1 Å². The lowest BCUT2D eigenvalue weighted by Gasteiger charge is -2.14. The van der Waals surface area contributed by atoms with Crippen LogP contribution in [0.4, 0.5) is 0 Å². The molecule has 27 heavy (non-hydrogen) atoms. The molecule has 134 valence electrons. The van der Waals surface area contributed by atoms with E-state index >= 15 is 0 Å². The normalized spacial score (nSPS) is 11.8. The van der Waals surface area contributed by atoms with E-state index in [9.17, 15) is 4.79 Å². The molecule has 0 unspecified atom stereocenters. The van der Waals surface area contributed by atoms with Crippen molar-refractivity contribution in [2.45, 2.75) is 13.8 Å². The fraction of sp³-hybridized carbons (Fsp3) is 0.182. The molecule has 0 bridgehead atoms. The molecule has 5 heteroatoms. The van der Waals surface area contributed by atoms with Crippen LogP contribution in [0, 0.1) is 6.92 Å². The Bertz CT molecular complexity index is 1350. The minimum Gasteiger partial charge on any atom is -0.494 e. The number of benzene rings is 2. The van der Waals surface area contributed by atoms with Crippen LogP contribution in [0.3, 0.4) is 0 Å². The largest absolute Gasteiger partial charge is 0.494 e. The Kier molecular flexibility index (Phi) is 3.28. The van der Waals surface area contributed by atoms with Gasteiger partial charge >= 0.3 is 5.97 Å². The van der Waals surface area contributed by atoms with Crippen LogP contribution in [0.2, 0.25) is 0 Å². The molecule has 0 saturated heterocycles. The van der Waals surface area contributed by atoms with E-state index in [1.165, 1.54) is 0 Å². The molecule has 3 aromatic heterocycles. The quantitative estimate of drug-likeness (QED) is 0.266. The second-order valence-corrected chi connectivity index (χ2v) is 6.59. The summed E-state index contributed by atoms with van der Waals surface area (Å²) < 4.78 is 13.1.